The smallest absolute Gasteiger partial charge is 0.122 e. The van der Waals surface area contributed by atoms with Gasteiger partial charge in [0.2, 0.25) is 0 Å². The van der Waals surface area contributed by atoms with Crippen LogP contribution in [0.1, 0.15) is 18.1 Å². The standard InChI is InChI=1S/C22H21N3OS/c1-3-26-19-10-8-18(9-11-19)20-14-21-22(23-12-13-25(21)24-20)27-15-17-6-4-16(2)5-7-17/h4-14H,3,15H2,1-2H3. The SMILES string of the molecule is CCOc1ccc(-c2cc3c(SCc4ccc(C)cc4)nccn3n2)cc1. The van der Waals surface area contributed by atoms with Crippen LogP contribution in [0, 0.1) is 6.92 Å². The van der Waals surface area contributed by atoms with Crippen LogP contribution in [0.25, 0.3) is 16.8 Å². The highest BCUT2D eigenvalue weighted by atomic mass is 32.2. The van der Waals surface area contributed by atoms with Gasteiger partial charge in [-0.2, -0.15) is 5.10 Å². The zero-order valence-electron chi connectivity index (χ0n) is 15.4. The average Bonchev–Trinajstić information content (AvgIpc) is 3.13. The van der Waals surface area contributed by atoms with Gasteiger partial charge in [-0.1, -0.05) is 41.6 Å². The Morgan fingerprint density at radius 3 is 2.56 bits per heavy atom. The van der Waals surface area contributed by atoms with Crippen molar-refractivity contribution in [2.75, 3.05) is 6.61 Å². The van der Waals surface area contributed by atoms with Crippen LogP contribution in [0.3, 0.4) is 0 Å². The Hall–Kier alpha value is -2.79. The first-order chi connectivity index (χ1) is 13.2. The topological polar surface area (TPSA) is 39.4 Å². The maximum atomic E-state index is 5.52. The third kappa shape index (κ3) is 3.98. The molecule has 0 aliphatic rings. The van der Waals surface area contributed by atoms with Crippen LogP contribution in [0.4, 0.5) is 0 Å². The Labute approximate surface area is 163 Å². The molecule has 0 unspecified atom stereocenters. The molecule has 0 amide bonds. The fraction of sp³-hybridized carbons (Fsp3) is 0.182. The molecule has 0 N–H and O–H groups in total. The minimum atomic E-state index is 0.668. The van der Waals surface area contributed by atoms with Crippen LogP contribution >= 0.6 is 11.8 Å². The summed E-state index contributed by atoms with van der Waals surface area (Å²) in [7, 11) is 0. The van der Waals surface area contributed by atoms with Crippen molar-refractivity contribution in [1.82, 2.24) is 14.6 Å². The molecule has 136 valence electrons. The summed E-state index contributed by atoms with van der Waals surface area (Å²) in [6.07, 6.45) is 3.70. The van der Waals surface area contributed by atoms with E-state index >= 15 is 0 Å². The number of benzene rings is 2. The number of fused-ring (bicyclic) bond motifs is 1. The predicted octanol–water partition coefficient (Wildman–Crippen LogP) is 5.40. The van der Waals surface area contributed by atoms with E-state index < -0.39 is 0 Å². The number of rotatable bonds is 6. The molecule has 4 nitrogen and oxygen atoms in total. The first-order valence-corrected chi connectivity index (χ1v) is 9.97. The van der Waals surface area contributed by atoms with Gasteiger partial charge in [-0.05, 0) is 49.7 Å². The van der Waals surface area contributed by atoms with Crippen LogP contribution in [0.15, 0.2) is 72.0 Å². The number of hydrogen-bond donors (Lipinski definition) is 0. The number of thioether (sulfide) groups is 1. The van der Waals surface area contributed by atoms with Crippen molar-refractivity contribution >= 4 is 17.3 Å². The molecule has 5 heteroatoms. The Kier molecular flexibility index (Phi) is 5.12. The number of aromatic nitrogens is 3. The second kappa shape index (κ2) is 7.84. The molecule has 0 atom stereocenters. The fourth-order valence-corrected chi connectivity index (χ4v) is 3.81. The van der Waals surface area contributed by atoms with E-state index in [0.29, 0.717) is 6.61 Å². The molecule has 0 radical (unpaired) electrons. The van der Waals surface area contributed by atoms with Gasteiger partial charge in [0.1, 0.15) is 10.8 Å². The van der Waals surface area contributed by atoms with Gasteiger partial charge in [-0.15, -0.1) is 0 Å². The van der Waals surface area contributed by atoms with Crippen LogP contribution in [-0.2, 0) is 5.75 Å². The molecular weight excluding hydrogens is 354 g/mol. The minimum absolute atomic E-state index is 0.668. The van der Waals surface area contributed by atoms with Crippen LogP contribution in [0.2, 0.25) is 0 Å². The van der Waals surface area contributed by atoms with Gasteiger partial charge in [-0.3, -0.25) is 0 Å². The summed E-state index contributed by atoms with van der Waals surface area (Å²) in [4.78, 5) is 4.57. The van der Waals surface area contributed by atoms with Crippen molar-refractivity contribution in [3.8, 4) is 17.0 Å². The second-order valence-electron chi connectivity index (χ2n) is 6.32. The summed E-state index contributed by atoms with van der Waals surface area (Å²) in [5.41, 5.74) is 5.60. The largest absolute Gasteiger partial charge is 0.494 e. The third-order valence-corrected chi connectivity index (χ3v) is 5.38. The zero-order chi connectivity index (χ0) is 18.6. The highest BCUT2D eigenvalue weighted by Crippen LogP contribution is 2.29. The molecule has 0 fully saturated rings. The van der Waals surface area contributed by atoms with E-state index in [4.69, 9.17) is 9.84 Å². The molecule has 0 spiro atoms. The Bertz CT molecular complexity index is 1040. The van der Waals surface area contributed by atoms with Crippen molar-refractivity contribution in [3.63, 3.8) is 0 Å². The molecule has 2 aromatic heterocycles. The Morgan fingerprint density at radius 1 is 1.04 bits per heavy atom. The molecule has 0 saturated heterocycles. The van der Waals surface area contributed by atoms with Gasteiger partial charge in [0.05, 0.1) is 17.8 Å². The minimum Gasteiger partial charge on any atom is -0.494 e. The van der Waals surface area contributed by atoms with Crippen molar-refractivity contribution in [2.24, 2.45) is 0 Å². The van der Waals surface area contributed by atoms with Gasteiger partial charge in [-0.25, -0.2) is 9.50 Å². The lowest BCUT2D eigenvalue weighted by Crippen LogP contribution is -1.92. The van der Waals surface area contributed by atoms with Gasteiger partial charge in [0.25, 0.3) is 0 Å². The Balaban J connectivity index is 1.58. The quantitative estimate of drug-likeness (QED) is 0.423. The highest BCUT2D eigenvalue weighted by molar-refractivity contribution is 7.98. The molecule has 27 heavy (non-hydrogen) atoms. The Morgan fingerprint density at radius 2 is 1.81 bits per heavy atom. The van der Waals surface area contributed by atoms with E-state index in [1.807, 2.05) is 41.9 Å². The van der Waals surface area contributed by atoms with E-state index in [1.54, 1.807) is 18.0 Å². The lowest BCUT2D eigenvalue weighted by molar-refractivity contribution is 0.340. The van der Waals surface area contributed by atoms with Crippen molar-refractivity contribution in [3.05, 3.63) is 78.1 Å². The van der Waals surface area contributed by atoms with Crippen LogP contribution < -0.4 is 4.74 Å². The maximum Gasteiger partial charge on any atom is 0.122 e. The molecule has 4 rings (SSSR count). The summed E-state index contributed by atoms with van der Waals surface area (Å²) in [5.74, 6) is 1.76. The van der Waals surface area contributed by atoms with Crippen molar-refractivity contribution < 1.29 is 4.74 Å². The third-order valence-electron chi connectivity index (χ3n) is 4.31. The molecule has 0 aliphatic carbocycles. The van der Waals surface area contributed by atoms with E-state index in [1.165, 1.54) is 11.1 Å². The summed E-state index contributed by atoms with van der Waals surface area (Å²) in [6.45, 7) is 4.76. The highest BCUT2D eigenvalue weighted by Gasteiger charge is 2.10. The monoisotopic (exact) mass is 375 g/mol. The summed E-state index contributed by atoms with van der Waals surface area (Å²) < 4.78 is 7.42. The second-order valence-corrected chi connectivity index (χ2v) is 7.29. The molecule has 0 bridgehead atoms. The molecular formula is C22H21N3OS. The maximum absolute atomic E-state index is 5.52. The molecule has 0 saturated carbocycles. The fourth-order valence-electron chi connectivity index (χ4n) is 2.87. The van der Waals surface area contributed by atoms with Crippen LogP contribution in [0.5, 0.6) is 5.75 Å². The van der Waals surface area contributed by atoms with Crippen LogP contribution in [-0.4, -0.2) is 21.2 Å². The summed E-state index contributed by atoms with van der Waals surface area (Å²) >= 11 is 1.73. The van der Waals surface area contributed by atoms with E-state index in [0.717, 1.165) is 33.3 Å². The lowest BCUT2D eigenvalue weighted by Gasteiger charge is -2.03. The average molecular weight is 375 g/mol. The zero-order valence-corrected chi connectivity index (χ0v) is 16.2. The van der Waals surface area contributed by atoms with E-state index in [9.17, 15) is 0 Å². The molecule has 4 aromatic rings. The summed E-state index contributed by atoms with van der Waals surface area (Å²) in [6, 6.07) is 18.8. The number of hydrogen-bond acceptors (Lipinski definition) is 4. The van der Waals surface area contributed by atoms with Gasteiger partial charge >= 0.3 is 0 Å². The predicted molar refractivity (Wildman–Crippen MR) is 110 cm³/mol. The number of nitrogens with zero attached hydrogens (tertiary/aromatic N) is 3. The lowest BCUT2D eigenvalue weighted by atomic mass is 10.1. The molecule has 0 aliphatic heterocycles. The first-order valence-electron chi connectivity index (χ1n) is 8.99. The van der Waals surface area contributed by atoms with Gasteiger partial charge in [0, 0.05) is 23.7 Å². The molecule has 2 aromatic carbocycles. The van der Waals surface area contributed by atoms with Gasteiger partial charge < -0.3 is 4.74 Å². The van der Waals surface area contributed by atoms with E-state index in [-0.39, 0.29) is 0 Å². The van der Waals surface area contributed by atoms with Gasteiger partial charge in [0.15, 0.2) is 0 Å². The normalized spacial score (nSPS) is 11.0. The molecule has 2 heterocycles. The van der Waals surface area contributed by atoms with Crippen molar-refractivity contribution in [1.29, 1.82) is 0 Å². The number of ether oxygens (including phenoxy) is 1. The first kappa shape index (κ1) is 17.6. The summed E-state index contributed by atoms with van der Waals surface area (Å²) in [5, 5.41) is 5.70. The van der Waals surface area contributed by atoms with E-state index in [2.05, 4.69) is 42.2 Å². The van der Waals surface area contributed by atoms with Crippen molar-refractivity contribution in [2.45, 2.75) is 24.6 Å². The number of aryl methyl sites for hydroxylation is 1.